The van der Waals surface area contributed by atoms with Crippen LogP contribution in [0.4, 0.5) is 5.82 Å². The van der Waals surface area contributed by atoms with Gasteiger partial charge in [0.05, 0.1) is 0 Å². The van der Waals surface area contributed by atoms with Gasteiger partial charge in [-0.15, -0.1) is 0 Å². The molecule has 0 fully saturated rings. The SMILES string of the molecule is CCNc1n[nH]c(CC)c1-c1ccccc1. The molecule has 0 amide bonds. The summed E-state index contributed by atoms with van der Waals surface area (Å²) >= 11 is 0. The second-order valence-electron chi connectivity index (χ2n) is 3.68. The number of hydrogen-bond donors (Lipinski definition) is 2. The Hall–Kier alpha value is -1.77. The van der Waals surface area contributed by atoms with Crippen molar-refractivity contribution in [2.75, 3.05) is 11.9 Å². The van der Waals surface area contributed by atoms with E-state index in [1.165, 1.54) is 16.8 Å². The molecule has 3 nitrogen and oxygen atoms in total. The van der Waals surface area contributed by atoms with Crippen molar-refractivity contribution in [3.8, 4) is 11.1 Å². The summed E-state index contributed by atoms with van der Waals surface area (Å²) in [6, 6.07) is 10.4. The molecule has 0 spiro atoms. The Kier molecular flexibility index (Phi) is 3.25. The molecule has 0 aliphatic rings. The quantitative estimate of drug-likeness (QED) is 0.823. The summed E-state index contributed by atoms with van der Waals surface area (Å²) in [7, 11) is 0. The monoisotopic (exact) mass is 215 g/mol. The lowest BCUT2D eigenvalue weighted by molar-refractivity contribution is 0.972. The molecule has 0 saturated heterocycles. The van der Waals surface area contributed by atoms with Crippen LogP contribution in [-0.2, 0) is 6.42 Å². The maximum Gasteiger partial charge on any atom is 0.155 e. The number of nitrogens with one attached hydrogen (secondary N) is 2. The lowest BCUT2D eigenvalue weighted by atomic mass is 10.0. The van der Waals surface area contributed by atoms with E-state index in [0.29, 0.717) is 0 Å². The van der Waals surface area contributed by atoms with Crippen LogP contribution in [0.25, 0.3) is 11.1 Å². The Morgan fingerprint density at radius 3 is 2.56 bits per heavy atom. The molecule has 0 bridgehead atoms. The maximum atomic E-state index is 4.32. The van der Waals surface area contributed by atoms with Gasteiger partial charge in [-0.3, -0.25) is 5.10 Å². The third-order valence-electron chi connectivity index (χ3n) is 2.60. The van der Waals surface area contributed by atoms with Crippen molar-refractivity contribution in [2.24, 2.45) is 0 Å². The number of benzene rings is 1. The van der Waals surface area contributed by atoms with Crippen LogP contribution in [-0.4, -0.2) is 16.7 Å². The zero-order valence-electron chi connectivity index (χ0n) is 9.75. The minimum atomic E-state index is 0.883. The highest BCUT2D eigenvalue weighted by atomic mass is 15.2. The van der Waals surface area contributed by atoms with Crippen molar-refractivity contribution in [3.05, 3.63) is 36.0 Å². The maximum absolute atomic E-state index is 4.32. The van der Waals surface area contributed by atoms with Gasteiger partial charge in [0.15, 0.2) is 5.82 Å². The van der Waals surface area contributed by atoms with Gasteiger partial charge in [0.2, 0.25) is 0 Å². The average Bonchev–Trinajstić information content (AvgIpc) is 2.74. The highest BCUT2D eigenvalue weighted by Crippen LogP contribution is 2.29. The van der Waals surface area contributed by atoms with E-state index >= 15 is 0 Å². The minimum Gasteiger partial charge on any atom is -0.368 e. The number of H-pyrrole nitrogens is 1. The van der Waals surface area contributed by atoms with Crippen LogP contribution >= 0.6 is 0 Å². The average molecular weight is 215 g/mol. The normalized spacial score (nSPS) is 10.4. The molecule has 0 aliphatic carbocycles. The fraction of sp³-hybridized carbons (Fsp3) is 0.308. The Morgan fingerprint density at radius 2 is 1.94 bits per heavy atom. The molecule has 0 atom stereocenters. The number of nitrogens with zero attached hydrogens (tertiary/aromatic N) is 1. The Labute approximate surface area is 95.9 Å². The summed E-state index contributed by atoms with van der Waals surface area (Å²) in [6.07, 6.45) is 0.961. The van der Waals surface area contributed by atoms with E-state index in [-0.39, 0.29) is 0 Å². The highest BCUT2D eigenvalue weighted by molar-refractivity contribution is 5.77. The van der Waals surface area contributed by atoms with Crippen LogP contribution in [0, 0.1) is 0 Å². The molecule has 0 aliphatic heterocycles. The predicted octanol–water partition coefficient (Wildman–Crippen LogP) is 3.07. The summed E-state index contributed by atoms with van der Waals surface area (Å²) in [5, 5.41) is 10.7. The molecule has 1 aromatic heterocycles. The Bertz CT molecular complexity index is 445. The third-order valence-corrected chi connectivity index (χ3v) is 2.60. The molecule has 2 rings (SSSR count). The number of anilines is 1. The molecule has 1 aromatic carbocycles. The first-order valence-corrected chi connectivity index (χ1v) is 5.73. The zero-order valence-corrected chi connectivity index (χ0v) is 9.75. The van der Waals surface area contributed by atoms with Crippen molar-refractivity contribution in [2.45, 2.75) is 20.3 Å². The largest absolute Gasteiger partial charge is 0.368 e. The smallest absolute Gasteiger partial charge is 0.155 e. The van der Waals surface area contributed by atoms with E-state index in [0.717, 1.165) is 18.8 Å². The summed E-state index contributed by atoms with van der Waals surface area (Å²) in [5.74, 6) is 0.950. The van der Waals surface area contributed by atoms with Crippen molar-refractivity contribution < 1.29 is 0 Å². The van der Waals surface area contributed by atoms with Crippen LogP contribution in [0.2, 0.25) is 0 Å². The lowest BCUT2D eigenvalue weighted by Crippen LogP contribution is -1.98. The summed E-state index contributed by atoms with van der Waals surface area (Å²) < 4.78 is 0. The topological polar surface area (TPSA) is 40.7 Å². The molecule has 84 valence electrons. The molecule has 2 N–H and O–H groups in total. The third kappa shape index (κ3) is 1.94. The molecule has 0 saturated carbocycles. The van der Waals surface area contributed by atoms with Crippen molar-refractivity contribution in [3.63, 3.8) is 0 Å². The fourth-order valence-corrected chi connectivity index (χ4v) is 1.85. The first-order valence-electron chi connectivity index (χ1n) is 5.73. The molecule has 0 unspecified atom stereocenters. The van der Waals surface area contributed by atoms with E-state index in [1.807, 2.05) is 6.07 Å². The first kappa shape index (κ1) is 10.7. The van der Waals surface area contributed by atoms with Gasteiger partial charge >= 0.3 is 0 Å². The van der Waals surface area contributed by atoms with Crippen LogP contribution in [0.15, 0.2) is 30.3 Å². The van der Waals surface area contributed by atoms with Gasteiger partial charge in [0, 0.05) is 17.8 Å². The Balaban J connectivity index is 2.48. The molecule has 3 heteroatoms. The van der Waals surface area contributed by atoms with Crippen molar-refractivity contribution in [1.29, 1.82) is 0 Å². The van der Waals surface area contributed by atoms with Crippen LogP contribution in [0.3, 0.4) is 0 Å². The molecule has 0 radical (unpaired) electrons. The van der Waals surface area contributed by atoms with E-state index in [4.69, 9.17) is 0 Å². The van der Waals surface area contributed by atoms with Gasteiger partial charge in [0.25, 0.3) is 0 Å². The number of aryl methyl sites for hydroxylation is 1. The second-order valence-corrected chi connectivity index (χ2v) is 3.68. The minimum absolute atomic E-state index is 0.883. The van der Waals surface area contributed by atoms with Crippen molar-refractivity contribution >= 4 is 5.82 Å². The second kappa shape index (κ2) is 4.84. The summed E-state index contributed by atoms with van der Waals surface area (Å²) in [6.45, 7) is 5.10. The zero-order chi connectivity index (χ0) is 11.4. The summed E-state index contributed by atoms with van der Waals surface area (Å²) in [4.78, 5) is 0. The Morgan fingerprint density at radius 1 is 1.19 bits per heavy atom. The summed E-state index contributed by atoms with van der Waals surface area (Å²) in [5.41, 5.74) is 3.59. The van der Waals surface area contributed by atoms with Gasteiger partial charge in [-0.25, -0.2) is 0 Å². The van der Waals surface area contributed by atoms with Gasteiger partial charge in [0.1, 0.15) is 0 Å². The molecular weight excluding hydrogens is 198 g/mol. The molecule has 1 heterocycles. The number of rotatable bonds is 4. The lowest BCUT2D eigenvalue weighted by Gasteiger charge is -2.05. The number of aromatic amines is 1. The first-order chi connectivity index (χ1) is 7.86. The van der Waals surface area contributed by atoms with E-state index in [9.17, 15) is 0 Å². The van der Waals surface area contributed by atoms with Crippen molar-refractivity contribution in [1.82, 2.24) is 10.2 Å². The standard InChI is InChI=1S/C13H17N3/c1-3-11-12(10-8-6-5-7-9-10)13(14-4-2)16-15-11/h5-9H,3-4H2,1-2H3,(H2,14,15,16). The van der Waals surface area contributed by atoms with Crippen LogP contribution < -0.4 is 5.32 Å². The van der Waals surface area contributed by atoms with E-state index in [1.54, 1.807) is 0 Å². The van der Waals surface area contributed by atoms with Gasteiger partial charge in [-0.2, -0.15) is 5.10 Å². The van der Waals surface area contributed by atoms with Gasteiger partial charge in [-0.05, 0) is 18.9 Å². The predicted molar refractivity (Wildman–Crippen MR) is 67.6 cm³/mol. The molecular formula is C13H17N3. The highest BCUT2D eigenvalue weighted by Gasteiger charge is 2.12. The molecule has 16 heavy (non-hydrogen) atoms. The fourth-order valence-electron chi connectivity index (χ4n) is 1.85. The van der Waals surface area contributed by atoms with Crippen LogP contribution in [0.1, 0.15) is 19.5 Å². The van der Waals surface area contributed by atoms with E-state index < -0.39 is 0 Å². The number of aromatic nitrogens is 2. The van der Waals surface area contributed by atoms with Gasteiger partial charge < -0.3 is 5.32 Å². The number of hydrogen-bond acceptors (Lipinski definition) is 2. The molecule has 2 aromatic rings. The van der Waals surface area contributed by atoms with Crippen LogP contribution in [0.5, 0.6) is 0 Å². The van der Waals surface area contributed by atoms with Gasteiger partial charge in [-0.1, -0.05) is 37.3 Å². The van der Waals surface area contributed by atoms with E-state index in [2.05, 4.69) is 53.6 Å².